The molecule has 1 aromatic heterocycles. The van der Waals surface area contributed by atoms with Crippen LogP contribution < -0.4 is 4.90 Å². The van der Waals surface area contributed by atoms with Crippen molar-refractivity contribution in [3.05, 3.63) is 176 Å². The van der Waals surface area contributed by atoms with E-state index >= 15 is 0 Å². The molecule has 0 saturated heterocycles. The molecule has 9 aromatic rings. The highest BCUT2D eigenvalue weighted by atomic mass is 16.3. The maximum absolute atomic E-state index is 6.20. The van der Waals surface area contributed by atoms with E-state index in [4.69, 9.17) is 4.42 Å². The maximum Gasteiger partial charge on any atom is 0.135 e. The van der Waals surface area contributed by atoms with Crippen molar-refractivity contribution in [2.24, 2.45) is 0 Å². The van der Waals surface area contributed by atoms with Crippen molar-refractivity contribution in [1.82, 2.24) is 0 Å². The fraction of sp³-hybridized carbons (Fsp3) is 0. The molecule has 0 aliphatic rings. The van der Waals surface area contributed by atoms with E-state index in [1.165, 1.54) is 43.8 Å². The lowest BCUT2D eigenvalue weighted by Gasteiger charge is -2.26. The Morgan fingerprint density at radius 1 is 0.326 bits per heavy atom. The number of para-hydroxylation sites is 1. The van der Waals surface area contributed by atoms with Crippen molar-refractivity contribution in [2.45, 2.75) is 0 Å². The van der Waals surface area contributed by atoms with Gasteiger partial charge in [-0.25, -0.2) is 0 Å². The van der Waals surface area contributed by atoms with Crippen LogP contribution in [-0.2, 0) is 0 Å². The first kappa shape index (κ1) is 26.3. The quantitative estimate of drug-likeness (QED) is 0.199. The van der Waals surface area contributed by atoms with Crippen LogP contribution in [0, 0.1) is 0 Å². The Bertz CT molecular complexity index is 2530. The molecule has 0 radical (unpaired) electrons. The third kappa shape index (κ3) is 4.43. The number of rotatable bonds is 5. The molecule has 216 valence electrons. The van der Waals surface area contributed by atoms with E-state index in [9.17, 15) is 0 Å². The van der Waals surface area contributed by atoms with Crippen molar-refractivity contribution in [1.29, 1.82) is 0 Å². The van der Waals surface area contributed by atoms with Crippen LogP contribution in [0.4, 0.5) is 17.1 Å². The van der Waals surface area contributed by atoms with Gasteiger partial charge in [-0.2, -0.15) is 0 Å². The maximum atomic E-state index is 6.20. The zero-order valence-electron chi connectivity index (χ0n) is 25.1. The predicted octanol–water partition coefficient (Wildman–Crippen LogP) is 12.7. The number of benzene rings is 8. The summed E-state index contributed by atoms with van der Waals surface area (Å²) in [6.07, 6.45) is 0. The molecule has 0 saturated carbocycles. The molecule has 0 bridgehead atoms. The van der Waals surface area contributed by atoms with E-state index in [2.05, 4.69) is 169 Å². The molecule has 0 atom stereocenters. The topological polar surface area (TPSA) is 16.4 Å². The summed E-state index contributed by atoms with van der Waals surface area (Å²) in [6, 6.07) is 62.8. The summed E-state index contributed by atoms with van der Waals surface area (Å²) in [5.41, 5.74) is 9.89. The van der Waals surface area contributed by atoms with Gasteiger partial charge < -0.3 is 9.32 Å². The van der Waals surface area contributed by atoms with E-state index in [1.807, 2.05) is 12.1 Å². The lowest BCUT2D eigenvalue weighted by atomic mass is 9.97. The summed E-state index contributed by atoms with van der Waals surface area (Å²) < 4.78 is 6.20. The van der Waals surface area contributed by atoms with Crippen molar-refractivity contribution in [3.63, 3.8) is 0 Å². The molecule has 46 heavy (non-hydrogen) atoms. The normalized spacial score (nSPS) is 11.5. The van der Waals surface area contributed by atoms with E-state index in [0.717, 1.165) is 39.0 Å². The molecule has 0 fully saturated rings. The van der Waals surface area contributed by atoms with Gasteiger partial charge in [0.05, 0.1) is 0 Å². The second kappa shape index (κ2) is 10.8. The minimum atomic E-state index is 0.890. The fourth-order valence-corrected chi connectivity index (χ4v) is 6.86. The van der Waals surface area contributed by atoms with E-state index in [-0.39, 0.29) is 0 Å². The van der Waals surface area contributed by atoms with Crippen LogP contribution in [0.5, 0.6) is 0 Å². The van der Waals surface area contributed by atoms with Gasteiger partial charge in [0, 0.05) is 27.8 Å². The Labute approximate surface area is 267 Å². The van der Waals surface area contributed by atoms with Crippen LogP contribution in [0.3, 0.4) is 0 Å². The number of furan rings is 1. The minimum Gasteiger partial charge on any atom is -0.456 e. The molecule has 0 spiro atoms. The second-order valence-corrected chi connectivity index (χ2v) is 11.8. The lowest BCUT2D eigenvalue weighted by Crippen LogP contribution is -2.10. The number of anilines is 3. The molecule has 0 amide bonds. The monoisotopic (exact) mass is 587 g/mol. The third-order valence-electron chi connectivity index (χ3n) is 9.05. The molecule has 2 heteroatoms. The van der Waals surface area contributed by atoms with Gasteiger partial charge in [0.15, 0.2) is 0 Å². The highest BCUT2D eigenvalue weighted by Gasteiger charge is 2.17. The standard InChI is InChI=1S/C44H29NO/c1-3-16-37-30(10-1)12-8-19-39(37)32-22-24-34(25-23-32)45(36-26-27-44-42(29-36)41-18-5-6-21-43(41)46-44)35-15-7-14-33(28-35)40-20-9-13-31-11-2-4-17-38(31)40/h1-29H. The average Bonchev–Trinajstić information content (AvgIpc) is 3.50. The third-order valence-corrected chi connectivity index (χ3v) is 9.05. The number of nitrogens with zero attached hydrogens (tertiary/aromatic N) is 1. The molecule has 2 nitrogen and oxygen atoms in total. The molecular weight excluding hydrogens is 558 g/mol. The zero-order valence-corrected chi connectivity index (χ0v) is 25.1. The van der Waals surface area contributed by atoms with Crippen molar-refractivity contribution in [2.75, 3.05) is 4.90 Å². The largest absolute Gasteiger partial charge is 0.456 e. The van der Waals surface area contributed by atoms with Gasteiger partial charge in [-0.3, -0.25) is 0 Å². The second-order valence-electron chi connectivity index (χ2n) is 11.8. The summed E-state index contributed by atoms with van der Waals surface area (Å²) in [5, 5.41) is 7.22. The van der Waals surface area contributed by atoms with Crippen LogP contribution in [-0.4, -0.2) is 0 Å². The Hall–Kier alpha value is -6.12. The first-order valence-corrected chi connectivity index (χ1v) is 15.7. The first-order valence-electron chi connectivity index (χ1n) is 15.7. The van der Waals surface area contributed by atoms with Crippen LogP contribution in [0.1, 0.15) is 0 Å². The van der Waals surface area contributed by atoms with E-state index in [0.29, 0.717) is 0 Å². The fourth-order valence-electron chi connectivity index (χ4n) is 6.86. The minimum absolute atomic E-state index is 0.890. The van der Waals surface area contributed by atoms with Crippen molar-refractivity contribution >= 4 is 60.5 Å². The number of hydrogen-bond acceptors (Lipinski definition) is 2. The van der Waals surface area contributed by atoms with Gasteiger partial charge in [0.2, 0.25) is 0 Å². The molecule has 8 aromatic carbocycles. The molecule has 0 unspecified atom stereocenters. The first-order chi connectivity index (χ1) is 22.8. The number of hydrogen-bond donors (Lipinski definition) is 0. The lowest BCUT2D eigenvalue weighted by molar-refractivity contribution is 0.669. The predicted molar refractivity (Wildman–Crippen MR) is 194 cm³/mol. The highest BCUT2D eigenvalue weighted by Crippen LogP contribution is 2.41. The Morgan fingerprint density at radius 3 is 1.61 bits per heavy atom. The summed E-state index contributed by atoms with van der Waals surface area (Å²) in [6.45, 7) is 0. The van der Waals surface area contributed by atoms with Gasteiger partial charge in [-0.1, -0.05) is 127 Å². The van der Waals surface area contributed by atoms with E-state index in [1.54, 1.807) is 0 Å². The van der Waals surface area contributed by atoms with Crippen LogP contribution in [0.15, 0.2) is 180 Å². The van der Waals surface area contributed by atoms with Gasteiger partial charge in [-0.15, -0.1) is 0 Å². The zero-order chi connectivity index (χ0) is 30.5. The molecule has 1 heterocycles. The Kier molecular flexibility index (Phi) is 6.17. The van der Waals surface area contributed by atoms with Crippen LogP contribution in [0.2, 0.25) is 0 Å². The highest BCUT2D eigenvalue weighted by molar-refractivity contribution is 6.07. The molecule has 9 rings (SSSR count). The van der Waals surface area contributed by atoms with Crippen molar-refractivity contribution < 1.29 is 4.42 Å². The number of fused-ring (bicyclic) bond motifs is 5. The van der Waals surface area contributed by atoms with Gasteiger partial charge >= 0.3 is 0 Å². The smallest absolute Gasteiger partial charge is 0.135 e. The van der Waals surface area contributed by atoms with Crippen molar-refractivity contribution in [3.8, 4) is 22.3 Å². The van der Waals surface area contributed by atoms with Gasteiger partial charge in [-0.05, 0) is 92.3 Å². The summed E-state index contributed by atoms with van der Waals surface area (Å²) in [4.78, 5) is 2.35. The summed E-state index contributed by atoms with van der Waals surface area (Å²) in [5.74, 6) is 0. The molecule has 0 N–H and O–H groups in total. The summed E-state index contributed by atoms with van der Waals surface area (Å²) >= 11 is 0. The molecular formula is C44H29NO. The summed E-state index contributed by atoms with van der Waals surface area (Å²) in [7, 11) is 0. The average molecular weight is 588 g/mol. The Morgan fingerprint density at radius 2 is 0.870 bits per heavy atom. The van der Waals surface area contributed by atoms with Gasteiger partial charge in [0.1, 0.15) is 11.2 Å². The Balaban J connectivity index is 1.21. The molecule has 0 aliphatic carbocycles. The SMILES string of the molecule is c1cc(-c2cccc3ccccc23)cc(N(c2ccc(-c3cccc4ccccc34)cc2)c2ccc3oc4ccccc4c3c2)c1. The van der Waals surface area contributed by atoms with Gasteiger partial charge in [0.25, 0.3) is 0 Å². The molecule has 0 aliphatic heterocycles. The van der Waals surface area contributed by atoms with E-state index < -0.39 is 0 Å². The van der Waals surface area contributed by atoms with Crippen LogP contribution >= 0.6 is 0 Å². The van der Waals surface area contributed by atoms with Crippen LogP contribution in [0.25, 0.3) is 65.7 Å².